The van der Waals surface area contributed by atoms with Crippen LogP contribution in [0.3, 0.4) is 0 Å². The van der Waals surface area contributed by atoms with E-state index in [1.54, 1.807) is 12.4 Å². The Hall–Kier alpha value is -1.15. The fourth-order valence-corrected chi connectivity index (χ4v) is 1.72. The predicted molar refractivity (Wildman–Crippen MR) is 66.0 cm³/mol. The van der Waals surface area contributed by atoms with Crippen LogP contribution in [0.4, 0.5) is 0 Å². The molecule has 0 spiro atoms. The molecule has 0 bridgehead atoms. The molecule has 7 heteroatoms. The van der Waals surface area contributed by atoms with Crippen molar-refractivity contribution in [3.8, 4) is 5.82 Å². The van der Waals surface area contributed by atoms with Crippen LogP contribution in [-0.4, -0.2) is 25.8 Å². The average Bonchev–Trinajstić information content (AvgIpc) is 2.65. The SMILES string of the molecule is O=C(O)c1cc(-n2cc(I)cn2)ncc1Cl. The predicted octanol–water partition coefficient (Wildman–Crippen LogP) is 2.22. The molecule has 0 aliphatic rings. The van der Waals surface area contributed by atoms with Gasteiger partial charge in [0, 0.05) is 12.4 Å². The van der Waals surface area contributed by atoms with Crippen molar-refractivity contribution in [2.24, 2.45) is 0 Å². The molecular formula is C9H5ClIN3O2. The Balaban J connectivity index is 2.51. The van der Waals surface area contributed by atoms with Crippen molar-refractivity contribution in [2.45, 2.75) is 0 Å². The number of carboxylic acids is 1. The van der Waals surface area contributed by atoms with Crippen LogP contribution in [0, 0.1) is 3.57 Å². The average molecular weight is 350 g/mol. The lowest BCUT2D eigenvalue weighted by molar-refractivity contribution is 0.0697. The molecular weight excluding hydrogens is 344 g/mol. The minimum absolute atomic E-state index is 0.0113. The maximum atomic E-state index is 10.9. The highest BCUT2D eigenvalue weighted by Crippen LogP contribution is 2.17. The molecule has 82 valence electrons. The van der Waals surface area contributed by atoms with Gasteiger partial charge in [-0.1, -0.05) is 11.6 Å². The number of carboxylic acid groups (broad SMARTS) is 1. The Morgan fingerprint density at radius 2 is 2.25 bits per heavy atom. The van der Waals surface area contributed by atoms with Gasteiger partial charge in [-0.2, -0.15) is 5.10 Å². The molecule has 0 unspecified atom stereocenters. The molecule has 16 heavy (non-hydrogen) atoms. The first kappa shape index (κ1) is 11.3. The largest absolute Gasteiger partial charge is 0.478 e. The molecule has 0 aliphatic heterocycles. The van der Waals surface area contributed by atoms with Crippen molar-refractivity contribution < 1.29 is 9.90 Å². The first-order chi connectivity index (χ1) is 7.58. The molecule has 5 nitrogen and oxygen atoms in total. The number of carbonyl (C=O) groups is 1. The first-order valence-electron chi connectivity index (χ1n) is 4.17. The molecule has 2 aromatic rings. The summed E-state index contributed by atoms with van der Waals surface area (Å²) in [4.78, 5) is 14.9. The van der Waals surface area contributed by atoms with Gasteiger partial charge in [0.1, 0.15) is 0 Å². The normalized spacial score (nSPS) is 10.4. The van der Waals surface area contributed by atoms with Gasteiger partial charge in [-0.05, 0) is 28.7 Å². The van der Waals surface area contributed by atoms with Gasteiger partial charge >= 0.3 is 5.97 Å². The molecule has 2 aromatic heterocycles. The van der Waals surface area contributed by atoms with Gasteiger partial charge in [0.2, 0.25) is 0 Å². The molecule has 0 amide bonds. The van der Waals surface area contributed by atoms with Gasteiger partial charge in [-0.3, -0.25) is 0 Å². The molecule has 0 atom stereocenters. The number of rotatable bonds is 2. The van der Waals surface area contributed by atoms with Crippen LogP contribution in [-0.2, 0) is 0 Å². The third-order valence-electron chi connectivity index (χ3n) is 1.86. The number of pyridine rings is 1. The van der Waals surface area contributed by atoms with E-state index in [4.69, 9.17) is 16.7 Å². The van der Waals surface area contributed by atoms with Crippen LogP contribution < -0.4 is 0 Å². The van der Waals surface area contributed by atoms with Gasteiger partial charge < -0.3 is 5.11 Å². The topological polar surface area (TPSA) is 68.0 Å². The van der Waals surface area contributed by atoms with Gasteiger partial charge in [-0.15, -0.1) is 0 Å². The lowest BCUT2D eigenvalue weighted by Crippen LogP contribution is -2.03. The maximum absolute atomic E-state index is 10.9. The Morgan fingerprint density at radius 3 is 2.81 bits per heavy atom. The molecule has 0 saturated heterocycles. The van der Waals surface area contributed by atoms with Crippen molar-refractivity contribution in [1.82, 2.24) is 14.8 Å². The standard InChI is InChI=1S/C9H5ClIN3O2/c10-7-3-12-8(1-6(7)9(15)16)14-4-5(11)2-13-14/h1-4H,(H,15,16). The number of aromatic nitrogens is 3. The van der Waals surface area contributed by atoms with E-state index < -0.39 is 5.97 Å². The maximum Gasteiger partial charge on any atom is 0.337 e. The van der Waals surface area contributed by atoms with Crippen LogP contribution in [0.5, 0.6) is 0 Å². The second-order valence-electron chi connectivity index (χ2n) is 2.93. The summed E-state index contributed by atoms with van der Waals surface area (Å²) in [6.45, 7) is 0. The number of aromatic carboxylic acids is 1. The summed E-state index contributed by atoms with van der Waals surface area (Å²) in [5, 5.41) is 13.0. The molecule has 0 radical (unpaired) electrons. The van der Waals surface area contributed by atoms with E-state index in [1.165, 1.54) is 16.9 Å². The summed E-state index contributed by atoms with van der Waals surface area (Å²) in [7, 11) is 0. The highest BCUT2D eigenvalue weighted by atomic mass is 127. The fourth-order valence-electron chi connectivity index (χ4n) is 1.14. The minimum atomic E-state index is -1.09. The zero-order chi connectivity index (χ0) is 11.7. The quantitative estimate of drug-likeness (QED) is 0.844. The first-order valence-corrected chi connectivity index (χ1v) is 5.63. The lowest BCUT2D eigenvalue weighted by Gasteiger charge is -2.02. The molecule has 0 fully saturated rings. The van der Waals surface area contributed by atoms with Crippen LogP contribution in [0.1, 0.15) is 10.4 Å². The molecule has 0 saturated carbocycles. The summed E-state index contributed by atoms with van der Waals surface area (Å²) in [5.41, 5.74) is 0.0113. The molecule has 2 rings (SSSR count). The third kappa shape index (κ3) is 2.17. The third-order valence-corrected chi connectivity index (χ3v) is 2.72. The minimum Gasteiger partial charge on any atom is -0.478 e. The van der Waals surface area contributed by atoms with E-state index in [1.807, 2.05) is 0 Å². The van der Waals surface area contributed by atoms with Crippen LogP contribution in [0.25, 0.3) is 5.82 Å². The molecule has 0 aromatic carbocycles. The van der Waals surface area contributed by atoms with Gasteiger partial charge in [-0.25, -0.2) is 14.5 Å². The van der Waals surface area contributed by atoms with Crippen molar-refractivity contribution in [2.75, 3.05) is 0 Å². The Labute approximate surface area is 109 Å². The van der Waals surface area contributed by atoms with E-state index in [0.717, 1.165) is 3.57 Å². The van der Waals surface area contributed by atoms with Gasteiger partial charge in [0.05, 0.1) is 20.4 Å². The Bertz CT molecular complexity index is 555. The second kappa shape index (κ2) is 4.38. The van der Waals surface area contributed by atoms with Crippen molar-refractivity contribution >= 4 is 40.2 Å². The summed E-state index contributed by atoms with van der Waals surface area (Å²) in [6.07, 6.45) is 4.69. The summed E-state index contributed by atoms with van der Waals surface area (Å²) in [5.74, 6) is -0.666. The monoisotopic (exact) mass is 349 g/mol. The van der Waals surface area contributed by atoms with E-state index in [-0.39, 0.29) is 10.6 Å². The number of nitrogens with zero attached hydrogens (tertiary/aromatic N) is 3. The smallest absolute Gasteiger partial charge is 0.337 e. The molecule has 1 N–H and O–H groups in total. The zero-order valence-electron chi connectivity index (χ0n) is 7.76. The van der Waals surface area contributed by atoms with Crippen LogP contribution >= 0.6 is 34.2 Å². The van der Waals surface area contributed by atoms with Gasteiger partial charge in [0.15, 0.2) is 5.82 Å². The van der Waals surface area contributed by atoms with Crippen molar-refractivity contribution in [3.05, 3.63) is 38.8 Å². The summed E-state index contributed by atoms with van der Waals surface area (Å²) >= 11 is 7.81. The lowest BCUT2D eigenvalue weighted by atomic mass is 10.2. The fraction of sp³-hybridized carbons (Fsp3) is 0. The summed E-state index contributed by atoms with van der Waals surface area (Å²) in [6, 6.07) is 1.38. The highest BCUT2D eigenvalue weighted by molar-refractivity contribution is 14.1. The number of hydrogen-bond donors (Lipinski definition) is 1. The second-order valence-corrected chi connectivity index (χ2v) is 4.58. The number of hydrogen-bond acceptors (Lipinski definition) is 3. The Kier molecular flexibility index (Phi) is 3.10. The number of halogens is 2. The van der Waals surface area contributed by atoms with Crippen LogP contribution in [0.2, 0.25) is 5.02 Å². The van der Waals surface area contributed by atoms with Crippen molar-refractivity contribution in [1.29, 1.82) is 0 Å². The van der Waals surface area contributed by atoms with E-state index in [2.05, 4.69) is 32.7 Å². The molecule has 0 aliphatic carbocycles. The zero-order valence-corrected chi connectivity index (χ0v) is 10.7. The van der Waals surface area contributed by atoms with Crippen LogP contribution in [0.15, 0.2) is 24.7 Å². The molecule has 2 heterocycles. The van der Waals surface area contributed by atoms with E-state index in [9.17, 15) is 4.79 Å². The van der Waals surface area contributed by atoms with Crippen molar-refractivity contribution in [3.63, 3.8) is 0 Å². The highest BCUT2D eigenvalue weighted by Gasteiger charge is 2.11. The van der Waals surface area contributed by atoms with E-state index in [0.29, 0.717) is 5.82 Å². The summed E-state index contributed by atoms with van der Waals surface area (Å²) < 4.78 is 2.43. The van der Waals surface area contributed by atoms with Gasteiger partial charge in [0.25, 0.3) is 0 Å². The van der Waals surface area contributed by atoms with E-state index >= 15 is 0 Å². The Morgan fingerprint density at radius 1 is 1.50 bits per heavy atom.